The van der Waals surface area contributed by atoms with Crippen LogP contribution in [0.2, 0.25) is 0 Å². The van der Waals surface area contributed by atoms with Gasteiger partial charge in [0.15, 0.2) is 0 Å². The third-order valence-corrected chi connectivity index (χ3v) is 2.07. The monoisotopic (exact) mass is 199 g/mol. The lowest BCUT2D eigenvalue weighted by atomic mass is 9.85. The summed E-state index contributed by atoms with van der Waals surface area (Å²) in [5, 5.41) is 2.80. The molecule has 0 atom stereocenters. The minimum atomic E-state index is -0.556. The van der Waals surface area contributed by atoms with Crippen LogP contribution in [0.1, 0.15) is 26.3 Å². The van der Waals surface area contributed by atoms with Gasteiger partial charge in [-0.05, 0) is 11.5 Å². The molecule has 0 fully saturated rings. The zero-order valence-electron chi connectivity index (χ0n) is 8.91. The predicted octanol–water partition coefficient (Wildman–Crippen LogP) is 3.30. The first-order valence-electron chi connectivity index (χ1n) is 4.53. The Bertz CT molecular complexity index is 340. The Morgan fingerprint density at radius 1 is 1.14 bits per heavy atom. The summed E-state index contributed by atoms with van der Waals surface area (Å²) >= 11 is 0. The van der Waals surface area contributed by atoms with Gasteiger partial charge in [0.1, 0.15) is 11.6 Å². The first-order valence-corrected chi connectivity index (χ1v) is 4.53. The highest BCUT2D eigenvalue weighted by Crippen LogP contribution is 2.32. The number of anilines is 1. The molecule has 78 valence electrons. The van der Waals surface area contributed by atoms with Crippen LogP contribution in [0.5, 0.6) is 0 Å². The SMILES string of the molecule is CNc1cc(F)cc(F)c1C(C)(C)C. The molecular formula is C11H15F2N. The fourth-order valence-electron chi connectivity index (χ4n) is 1.53. The highest BCUT2D eigenvalue weighted by molar-refractivity contribution is 5.54. The molecule has 0 amide bonds. The van der Waals surface area contributed by atoms with Gasteiger partial charge in [-0.1, -0.05) is 20.8 Å². The summed E-state index contributed by atoms with van der Waals surface area (Å²) in [6.45, 7) is 5.68. The van der Waals surface area contributed by atoms with Gasteiger partial charge in [-0.2, -0.15) is 0 Å². The van der Waals surface area contributed by atoms with Crippen LogP contribution in [0.15, 0.2) is 12.1 Å². The van der Waals surface area contributed by atoms with Gasteiger partial charge in [-0.3, -0.25) is 0 Å². The molecule has 0 unspecified atom stereocenters. The molecule has 0 radical (unpaired) electrons. The summed E-state index contributed by atoms with van der Waals surface area (Å²) in [6.07, 6.45) is 0. The van der Waals surface area contributed by atoms with Crippen molar-refractivity contribution in [2.45, 2.75) is 26.2 Å². The molecule has 1 aromatic carbocycles. The Morgan fingerprint density at radius 3 is 2.14 bits per heavy atom. The van der Waals surface area contributed by atoms with Crippen LogP contribution >= 0.6 is 0 Å². The Labute approximate surface area is 83.1 Å². The molecule has 0 aliphatic rings. The standard InChI is InChI=1S/C11H15F2N/c1-11(2,3)10-8(13)5-7(12)6-9(10)14-4/h5-6,14H,1-4H3. The maximum Gasteiger partial charge on any atom is 0.131 e. The molecule has 3 heteroatoms. The average molecular weight is 199 g/mol. The van der Waals surface area contributed by atoms with E-state index < -0.39 is 11.6 Å². The quantitative estimate of drug-likeness (QED) is 0.731. The van der Waals surface area contributed by atoms with Crippen molar-refractivity contribution in [2.24, 2.45) is 0 Å². The summed E-state index contributed by atoms with van der Waals surface area (Å²) in [6, 6.07) is 2.23. The van der Waals surface area contributed by atoms with Crippen LogP contribution in [0.25, 0.3) is 0 Å². The molecule has 1 rings (SSSR count). The first kappa shape index (κ1) is 11.0. The summed E-state index contributed by atoms with van der Waals surface area (Å²) in [5.41, 5.74) is 0.687. The van der Waals surface area contributed by atoms with Gasteiger partial charge in [0.25, 0.3) is 0 Å². The molecule has 0 saturated heterocycles. The predicted molar refractivity (Wildman–Crippen MR) is 54.6 cm³/mol. The van der Waals surface area contributed by atoms with Gasteiger partial charge >= 0.3 is 0 Å². The van der Waals surface area contributed by atoms with Crippen molar-refractivity contribution in [3.05, 3.63) is 29.3 Å². The second kappa shape index (κ2) is 3.56. The third kappa shape index (κ3) is 2.03. The van der Waals surface area contributed by atoms with Crippen LogP contribution in [-0.2, 0) is 5.41 Å². The lowest BCUT2D eigenvalue weighted by molar-refractivity contribution is 0.513. The molecule has 14 heavy (non-hydrogen) atoms. The van der Waals surface area contributed by atoms with E-state index >= 15 is 0 Å². The van der Waals surface area contributed by atoms with E-state index in [1.54, 1.807) is 7.05 Å². The van der Waals surface area contributed by atoms with Gasteiger partial charge in [0, 0.05) is 24.4 Å². The second-order valence-corrected chi connectivity index (χ2v) is 4.31. The number of nitrogens with one attached hydrogen (secondary N) is 1. The minimum absolute atomic E-state index is 0.337. The number of benzene rings is 1. The molecule has 0 heterocycles. The molecule has 0 spiro atoms. The van der Waals surface area contributed by atoms with Gasteiger partial charge in [0.2, 0.25) is 0 Å². The largest absolute Gasteiger partial charge is 0.388 e. The van der Waals surface area contributed by atoms with Crippen LogP contribution < -0.4 is 5.32 Å². The van der Waals surface area contributed by atoms with E-state index in [9.17, 15) is 8.78 Å². The number of rotatable bonds is 1. The van der Waals surface area contributed by atoms with E-state index in [1.165, 1.54) is 6.07 Å². The molecule has 1 nitrogen and oxygen atoms in total. The Hall–Kier alpha value is -1.12. The Kier molecular flexibility index (Phi) is 2.79. The van der Waals surface area contributed by atoms with E-state index in [1.807, 2.05) is 20.8 Å². The highest BCUT2D eigenvalue weighted by Gasteiger charge is 2.22. The molecule has 0 aliphatic heterocycles. The van der Waals surface area contributed by atoms with Crippen molar-refractivity contribution >= 4 is 5.69 Å². The van der Waals surface area contributed by atoms with Gasteiger partial charge < -0.3 is 5.32 Å². The Morgan fingerprint density at radius 2 is 1.71 bits per heavy atom. The first-order chi connectivity index (χ1) is 6.36. The van der Waals surface area contributed by atoms with Crippen molar-refractivity contribution in [2.75, 3.05) is 12.4 Å². The van der Waals surface area contributed by atoms with Crippen molar-refractivity contribution < 1.29 is 8.78 Å². The van der Waals surface area contributed by atoms with Crippen LogP contribution in [0.4, 0.5) is 14.5 Å². The summed E-state index contributed by atoms with van der Waals surface area (Å²) in [5.74, 6) is -1.05. The minimum Gasteiger partial charge on any atom is -0.388 e. The summed E-state index contributed by atoms with van der Waals surface area (Å²) < 4.78 is 26.4. The van der Waals surface area contributed by atoms with Crippen molar-refractivity contribution in [3.63, 3.8) is 0 Å². The van der Waals surface area contributed by atoms with Gasteiger partial charge in [-0.25, -0.2) is 8.78 Å². The summed E-state index contributed by atoms with van der Waals surface area (Å²) in [7, 11) is 1.66. The topological polar surface area (TPSA) is 12.0 Å². The van der Waals surface area contributed by atoms with E-state index in [2.05, 4.69) is 5.32 Å². The zero-order valence-corrected chi connectivity index (χ0v) is 8.91. The molecule has 0 bridgehead atoms. The van der Waals surface area contributed by atoms with Crippen molar-refractivity contribution in [3.8, 4) is 0 Å². The van der Waals surface area contributed by atoms with Crippen LogP contribution in [-0.4, -0.2) is 7.05 Å². The molecule has 1 N–H and O–H groups in total. The molecular weight excluding hydrogens is 184 g/mol. The second-order valence-electron chi connectivity index (χ2n) is 4.31. The molecule has 0 saturated carbocycles. The fourth-order valence-corrected chi connectivity index (χ4v) is 1.53. The molecule has 1 aromatic rings. The maximum absolute atomic E-state index is 13.5. The van der Waals surface area contributed by atoms with Crippen LogP contribution in [0.3, 0.4) is 0 Å². The van der Waals surface area contributed by atoms with Crippen LogP contribution in [0, 0.1) is 11.6 Å². The molecule has 0 aliphatic carbocycles. The number of hydrogen-bond donors (Lipinski definition) is 1. The molecule has 0 aromatic heterocycles. The average Bonchev–Trinajstić information content (AvgIpc) is 1.99. The fraction of sp³-hybridized carbons (Fsp3) is 0.455. The van der Waals surface area contributed by atoms with Gasteiger partial charge in [0.05, 0.1) is 0 Å². The summed E-state index contributed by atoms with van der Waals surface area (Å²) in [4.78, 5) is 0. The normalized spacial score (nSPS) is 11.6. The lowest BCUT2D eigenvalue weighted by Gasteiger charge is -2.23. The van der Waals surface area contributed by atoms with Gasteiger partial charge in [-0.15, -0.1) is 0 Å². The number of halogens is 2. The van der Waals surface area contributed by atoms with E-state index in [-0.39, 0.29) is 5.41 Å². The maximum atomic E-state index is 13.5. The van der Waals surface area contributed by atoms with Crippen molar-refractivity contribution in [1.29, 1.82) is 0 Å². The van der Waals surface area contributed by atoms with E-state index in [4.69, 9.17) is 0 Å². The Balaban J connectivity index is 3.40. The van der Waals surface area contributed by atoms with E-state index in [0.29, 0.717) is 11.3 Å². The smallest absolute Gasteiger partial charge is 0.131 e. The zero-order chi connectivity index (χ0) is 10.9. The van der Waals surface area contributed by atoms with Crippen molar-refractivity contribution in [1.82, 2.24) is 0 Å². The van der Waals surface area contributed by atoms with E-state index in [0.717, 1.165) is 6.07 Å². The lowest BCUT2D eigenvalue weighted by Crippen LogP contribution is -2.16. The third-order valence-electron chi connectivity index (χ3n) is 2.07. The number of hydrogen-bond acceptors (Lipinski definition) is 1. The highest BCUT2D eigenvalue weighted by atomic mass is 19.1.